The normalized spacial score (nSPS) is 9.00. The van der Waals surface area contributed by atoms with Gasteiger partial charge in [-0.2, -0.15) is 0 Å². The minimum atomic E-state index is -1.43. The smallest absolute Gasteiger partial charge is 0.545 e. The third-order valence-electron chi connectivity index (χ3n) is 1.59. The zero-order valence-electron chi connectivity index (χ0n) is 7.37. The molecule has 0 amide bonds. The first-order chi connectivity index (χ1) is 5.52. The molecule has 0 saturated heterocycles. The summed E-state index contributed by atoms with van der Waals surface area (Å²) in [5.74, 6) is -1.94. The van der Waals surface area contributed by atoms with Crippen LogP contribution >= 0.6 is 0 Å². The molecule has 0 aliphatic carbocycles. The third kappa shape index (κ3) is 2.62. The summed E-state index contributed by atoms with van der Waals surface area (Å²) in [4.78, 5) is 10.3. The second-order valence-corrected chi connectivity index (χ2v) is 2.43. The van der Waals surface area contributed by atoms with Gasteiger partial charge in [0.1, 0.15) is 11.5 Å². The van der Waals surface area contributed by atoms with Crippen molar-refractivity contribution in [2.45, 2.75) is 6.92 Å². The second kappa shape index (κ2) is 4.50. The number of phenols is 2. The molecule has 0 aliphatic rings. The summed E-state index contributed by atoms with van der Waals surface area (Å²) in [5, 5.41) is 28.4. The molecular formula is C8H7NaO4. The molecule has 1 aromatic rings. The summed E-state index contributed by atoms with van der Waals surface area (Å²) in [7, 11) is 0. The van der Waals surface area contributed by atoms with Crippen molar-refractivity contribution in [1.82, 2.24) is 0 Å². The molecule has 4 nitrogen and oxygen atoms in total. The van der Waals surface area contributed by atoms with Crippen LogP contribution in [-0.4, -0.2) is 16.2 Å². The molecule has 0 spiro atoms. The van der Waals surface area contributed by atoms with E-state index in [1.54, 1.807) is 0 Å². The van der Waals surface area contributed by atoms with Crippen LogP contribution in [0.25, 0.3) is 0 Å². The van der Waals surface area contributed by atoms with Gasteiger partial charge in [-0.3, -0.25) is 0 Å². The third-order valence-corrected chi connectivity index (χ3v) is 1.59. The number of hydrogen-bond acceptors (Lipinski definition) is 4. The molecule has 0 aromatic heterocycles. The summed E-state index contributed by atoms with van der Waals surface area (Å²) in [6.07, 6.45) is 0. The molecule has 0 heterocycles. The zero-order valence-corrected chi connectivity index (χ0v) is 9.37. The number of carbonyl (C=O) groups is 1. The number of carboxylic acid groups (broad SMARTS) is 1. The summed E-state index contributed by atoms with van der Waals surface area (Å²) in [5.41, 5.74) is 0.00981. The molecule has 5 heteroatoms. The maximum Gasteiger partial charge on any atom is 1.00 e. The monoisotopic (exact) mass is 190 g/mol. The standard InChI is InChI=1S/C8H8O4.Na/c1-4-6(9)2-5(8(11)12)3-7(4)10;/h2-3,9-10H,1H3,(H,11,12);/q;+1/p-1. The average Bonchev–Trinajstić information content (AvgIpc) is 1.99. The van der Waals surface area contributed by atoms with E-state index in [4.69, 9.17) is 10.2 Å². The fraction of sp³-hybridized carbons (Fsp3) is 0.125. The Hall–Kier alpha value is -0.710. The largest absolute Gasteiger partial charge is 1.00 e. The predicted octanol–water partition coefficient (Wildman–Crippen LogP) is -3.23. The van der Waals surface area contributed by atoms with E-state index in [1.165, 1.54) is 6.92 Å². The van der Waals surface area contributed by atoms with Gasteiger partial charge >= 0.3 is 29.6 Å². The first kappa shape index (κ1) is 12.3. The van der Waals surface area contributed by atoms with Crippen LogP contribution in [-0.2, 0) is 0 Å². The maximum absolute atomic E-state index is 10.3. The molecule has 0 unspecified atom stereocenters. The SMILES string of the molecule is Cc1c(O)cc(C(=O)[O-])cc1O.[Na+]. The molecular weight excluding hydrogens is 183 g/mol. The molecule has 0 atom stereocenters. The number of hydrogen-bond donors (Lipinski definition) is 2. The summed E-state index contributed by atoms with van der Waals surface area (Å²) in [6, 6.07) is 2.06. The number of aromatic carboxylic acids is 1. The van der Waals surface area contributed by atoms with Crippen molar-refractivity contribution in [2.75, 3.05) is 0 Å². The first-order valence-corrected chi connectivity index (χ1v) is 3.26. The van der Waals surface area contributed by atoms with E-state index >= 15 is 0 Å². The average molecular weight is 190 g/mol. The van der Waals surface area contributed by atoms with Gasteiger partial charge in [-0.1, -0.05) is 0 Å². The van der Waals surface area contributed by atoms with Crippen molar-refractivity contribution < 1.29 is 49.7 Å². The maximum atomic E-state index is 10.3. The Morgan fingerprint density at radius 3 is 2.00 bits per heavy atom. The number of carbonyl (C=O) groups excluding carboxylic acids is 1. The Balaban J connectivity index is 0.00000144. The van der Waals surface area contributed by atoms with Gasteiger partial charge in [0.15, 0.2) is 0 Å². The molecule has 0 radical (unpaired) electrons. The fourth-order valence-corrected chi connectivity index (χ4v) is 0.802. The second-order valence-electron chi connectivity index (χ2n) is 2.43. The number of rotatable bonds is 1. The van der Waals surface area contributed by atoms with Crippen LogP contribution in [0.3, 0.4) is 0 Å². The van der Waals surface area contributed by atoms with Crippen LogP contribution in [0.1, 0.15) is 15.9 Å². The Kier molecular flexibility index (Phi) is 4.26. The van der Waals surface area contributed by atoms with Crippen LogP contribution < -0.4 is 34.7 Å². The van der Waals surface area contributed by atoms with Crippen molar-refractivity contribution in [3.05, 3.63) is 23.3 Å². The number of phenolic OH excluding ortho intramolecular Hbond substituents is 2. The number of aromatic hydroxyl groups is 2. The number of carboxylic acids is 1. The van der Waals surface area contributed by atoms with Crippen molar-refractivity contribution >= 4 is 5.97 Å². The van der Waals surface area contributed by atoms with E-state index in [0.29, 0.717) is 0 Å². The molecule has 0 saturated carbocycles. The minimum absolute atomic E-state index is 0. The molecule has 64 valence electrons. The molecule has 0 fully saturated rings. The Labute approximate surface area is 97.1 Å². The molecule has 13 heavy (non-hydrogen) atoms. The van der Waals surface area contributed by atoms with Gasteiger partial charge in [-0.15, -0.1) is 0 Å². The van der Waals surface area contributed by atoms with Gasteiger partial charge in [0, 0.05) is 11.1 Å². The van der Waals surface area contributed by atoms with E-state index in [2.05, 4.69) is 0 Å². The van der Waals surface area contributed by atoms with Crippen molar-refractivity contribution in [1.29, 1.82) is 0 Å². The van der Waals surface area contributed by atoms with Gasteiger partial charge in [-0.05, 0) is 19.1 Å². The van der Waals surface area contributed by atoms with E-state index in [0.717, 1.165) is 12.1 Å². The van der Waals surface area contributed by atoms with Crippen molar-refractivity contribution in [2.24, 2.45) is 0 Å². The van der Waals surface area contributed by atoms with Gasteiger partial charge in [0.05, 0.1) is 5.97 Å². The number of benzene rings is 1. The molecule has 0 aliphatic heterocycles. The molecule has 1 aromatic carbocycles. The van der Waals surface area contributed by atoms with Crippen molar-refractivity contribution in [3.8, 4) is 11.5 Å². The zero-order chi connectivity index (χ0) is 9.30. The molecule has 1 rings (SSSR count). The summed E-state index contributed by atoms with van der Waals surface area (Å²) < 4.78 is 0. The fourth-order valence-electron chi connectivity index (χ4n) is 0.802. The summed E-state index contributed by atoms with van der Waals surface area (Å²) in [6.45, 7) is 1.48. The first-order valence-electron chi connectivity index (χ1n) is 3.26. The van der Waals surface area contributed by atoms with Crippen LogP contribution in [0.15, 0.2) is 12.1 Å². The van der Waals surface area contributed by atoms with Gasteiger partial charge < -0.3 is 20.1 Å². The van der Waals surface area contributed by atoms with Crippen LogP contribution in [0.5, 0.6) is 11.5 Å². The topological polar surface area (TPSA) is 80.6 Å². The van der Waals surface area contributed by atoms with Crippen LogP contribution in [0.2, 0.25) is 0 Å². The summed E-state index contributed by atoms with van der Waals surface area (Å²) >= 11 is 0. The van der Waals surface area contributed by atoms with E-state index < -0.39 is 5.97 Å². The van der Waals surface area contributed by atoms with Gasteiger partial charge in [0.25, 0.3) is 0 Å². The van der Waals surface area contributed by atoms with E-state index in [-0.39, 0.29) is 52.2 Å². The Morgan fingerprint density at radius 1 is 1.31 bits per heavy atom. The molecule has 0 bridgehead atoms. The Morgan fingerprint density at radius 2 is 1.69 bits per heavy atom. The Bertz CT molecular complexity index is 312. The predicted molar refractivity (Wildman–Crippen MR) is 38.8 cm³/mol. The minimum Gasteiger partial charge on any atom is -0.545 e. The van der Waals surface area contributed by atoms with Gasteiger partial charge in [-0.25, -0.2) is 0 Å². The van der Waals surface area contributed by atoms with E-state index in [1.807, 2.05) is 0 Å². The van der Waals surface area contributed by atoms with E-state index in [9.17, 15) is 9.90 Å². The van der Waals surface area contributed by atoms with Crippen LogP contribution in [0, 0.1) is 6.92 Å². The van der Waals surface area contributed by atoms with Crippen molar-refractivity contribution in [3.63, 3.8) is 0 Å². The quantitative estimate of drug-likeness (QED) is 0.456. The molecule has 2 N–H and O–H groups in total. The van der Waals surface area contributed by atoms with Gasteiger partial charge in [0.2, 0.25) is 0 Å². The van der Waals surface area contributed by atoms with Crippen LogP contribution in [0.4, 0.5) is 0 Å².